The number of rotatable bonds is 3. The summed E-state index contributed by atoms with van der Waals surface area (Å²) in [5.41, 5.74) is 7.21. The lowest BCUT2D eigenvalue weighted by molar-refractivity contribution is 0.452. The second-order valence-corrected chi connectivity index (χ2v) is 11.6. The predicted molar refractivity (Wildman–Crippen MR) is 172 cm³/mol. The maximum atomic E-state index is 8.28. The summed E-state index contributed by atoms with van der Waals surface area (Å²) in [4.78, 5) is 0. The molecule has 0 aromatic heterocycles. The van der Waals surface area contributed by atoms with E-state index in [1.54, 1.807) is 6.07 Å². The lowest BCUT2D eigenvalue weighted by Crippen LogP contribution is -1.99. The van der Waals surface area contributed by atoms with Gasteiger partial charge in [-0.1, -0.05) is 112 Å². The quantitative estimate of drug-likeness (QED) is 0.213. The lowest BCUT2D eigenvalue weighted by Gasteiger charge is -2.10. The summed E-state index contributed by atoms with van der Waals surface area (Å²) in [5.74, 6) is 0.602. The van der Waals surface area contributed by atoms with Crippen molar-refractivity contribution in [3.63, 3.8) is 0 Å². The molecule has 0 unspecified atom stereocenters. The molecule has 0 aliphatic heterocycles. The zero-order chi connectivity index (χ0) is 27.1. The summed E-state index contributed by atoms with van der Waals surface area (Å²) in [6.45, 7) is 0. The van der Waals surface area contributed by atoms with Gasteiger partial charge in [-0.3, -0.25) is 0 Å². The van der Waals surface area contributed by atoms with Crippen molar-refractivity contribution in [1.29, 1.82) is 0 Å². The minimum Gasteiger partial charge on any atom is -0.537 e. The van der Waals surface area contributed by atoms with Crippen molar-refractivity contribution in [2.75, 3.05) is 0 Å². The van der Waals surface area contributed by atoms with Crippen LogP contribution in [0, 0.1) is 0 Å². The van der Waals surface area contributed by atoms with Crippen LogP contribution in [0.5, 0.6) is 5.75 Å². The first-order valence-corrected chi connectivity index (χ1v) is 14.8. The van der Waals surface area contributed by atoms with E-state index >= 15 is 0 Å². The molecule has 0 spiro atoms. The molecular formula is C30H21BBr3Cl2O2. The highest BCUT2D eigenvalue weighted by molar-refractivity contribution is 9.11. The van der Waals surface area contributed by atoms with E-state index in [0.717, 1.165) is 47.4 Å². The van der Waals surface area contributed by atoms with E-state index in [2.05, 4.69) is 96.4 Å². The molecule has 2 aliphatic rings. The fourth-order valence-electron chi connectivity index (χ4n) is 4.06. The van der Waals surface area contributed by atoms with Crippen LogP contribution in [0.2, 0.25) is 10.0 Å². The molecule has 1 radical (unpaired) electrons. The predicted octanol–water partition coefficient (Wildman–Crippen LogP) is 10.4. The molecule has 2 aliphatic carbocycles. The highest BCUT2D eigenvalue weighted by Gasteiger charge is 2.15. The first-order valence-electron chi connectivity index (χ1n) is 11.6. The van der Waals surface area contributed by atoms with Gasteiger partial charge in [-0.05, 0) is 96.8 Å². The van der Waals surface area contributed by atoms with Gasteiger partial charge in [-0.15, -0.1) is 0 Å². The minimum absolute atomic E-state index is 0.602. The third kappa shape index (κ3) is 7.04. The van der Waals surface area contributed by atoms with E-state index in [1.165, 1.54) is 22.3 Å². The van der Waals surface area contributed by atoms with Crippen LogP contribution < -0.4 is 4.65 Å². The highest BCUT2D eigenvalue weighted by Crippen LogP contribution is 2.38. The van der Waals surface area contributed by atoms with Crippen LogP contribution in [0.15, 0.2) is 98.4 Å². The van der Waals surface area contributed by atoms with Crippen molar-refractivity contribution >= 4 is 90.8 Å². The summed E-state index contributed by atoms with van der Waals surface area (Å²) in [5, 5.41) is 10.0. The smallest absolute Gasteiger partial charge is 0.537 e. The first kappa shape index (κ1) is 29.2. The molecule has 1 N–H and O–H groups in total. The Labute approximate surface area is 259 Å². The maximum Gasteiger partial charge on any atom is 0.569 e. The van der Waals surface area contributed by atoms with Gasteiger partial charge in [0.15, 0.2) is 0 Å². The Morgan fingerprint density at radius 1 is 0.632 bits per heavy atom. The van der Waals surface area contributed by atoms with Gasteiger partial charge in [0, 0.05) is 14.5 Å². The van der Waals surface area contributed by atoms with Crippen molar-refractivity contribution in [2.45, 2.75) is 12.8 Å². The summed E-state index contributed by atoms with van der Waals surface area (Å²) in [7, 11) is 0.653. The third-order valence-electron chi connectivity index (χ3n) is 5.93. The maximum absolute atomic E-state index is 8.28. The average Bonchev–Trinajstić information content (AvgIpc) is 3.60. The Balaban J connectivity index is 0.000000140. The van der Waals surface area contributed by atoms with Gasteiger partial charge in [0.2, 0.25) is 0 Å². The van der Waals surface area contributed by atoms with Crippen LogP contribution >= 0.6 is 71.0 Å². The monoisotopic (exact) mass is 731 g/mol. The Bertz CT molecular complexity index is 1510. The molecule has 0 saturated carbocycles. The van der Waals surface area contributed by atoms with Crippen molar-refractivity contribution in [1.82, 2.24) is 0 Å². The molecule has 0 amide bonds. The Morgan fingerprint density at radius 2 is 1.21 bits per heavy atom. The lowest BCUT2D eigenvalue weighted by atomic mass is 10.00. The van der Waals surface area contributed by atoms with E-state index in [-0.39, 0.29) is 0 Å². The standard InChI is InChI=1S/C15H10BrCl.C9H6BrCl.C6H5BBrO2/c16-14-7-2-1-5-12(14)13-9-8-10-4-3-6-11(10)15(13)17;10-8-5-4-6-2-1-3-7(6)9(8)11;8-5-3-1-2-4-6(5)10-7-9/h1-5,7-9H,6H2;1-2,4-5H,3H2;1-4,9H. The van der Waals surface area contributed by atoms with Crippen LogP contribution in [0.25, 0.3) is 23.3 Å². The largest absolute Gasteiger partial charge is 0.569 e. The van der Waals surface area contributed by atoms with Crippen LogP contribution in [0.3, 0.4) is 0 Å². The number of allylic oxidation sites excluding steroid dienone is 2. The number of benzene rings is 4. The highest BCUT2D eigenvalue weighted by atomic mass is 79.9. The fourth-order valence-corrected chi connectivity index (χ4v) is 5.91. The van der Waals surface area contributed by atoms with Gasteiger partial charge in [0.25, 0.3) is 0 Å². The van der Waals surface area contributed by atoms with Crippen LogP contribution in [-0.2, 0) is 12.8 Å². The minimum atomic E-state index is 0.602. The SMILES string of the molecule is Clc1c(-c2ccccc2Br)ccc2c1CC=C2.Clc1c(Br)ccc2c1CC=C2.O[B]Oc1ccccc1Br. The zero-order valence-corrected chi connectivity index (χ0v) is 26.2. The summed E-state index contributed by atoms with van der Waals surface area (Å²) in [6, 6.07) is 23.7. The van der Waals surface area contributed by atoms with Crippen molar-refractivity contribution in [3.8, 4) is 16.9 Å². The van der Waals surface area contributed by atoms with E-state index in [0.29, 0.717) is 13.4 Å². The molecule has 0 bridgehead atoms. The normalized spacial score (nSPS) is 12.1. The second-order valence-electron chi connectivity index (χ2n) is 8.27. The van der Waals surface area contributed by atoms with Gasteiger partial charge >= 0.3 is 7.69 Å². The molecular weight excluding hydrogens is 714 g/mol. The topological polar surface area (TPSA) is 29.5 Å². The number of halogens is 5. The summed E-state index contributed by atoms with van der Waals surface area (Å²) < 4.78 is 7.60. The van der Waals surface area contributed by atoms with E-state index in [9.17, 15) is 0 Å². The number of para-hydroxylation sites is 1. The number of hydrogen-bond donors (Lipinski definition) is 1. The average molecular weight is 735 g/mol. The Morgan fingerprint density at radius 3 is 1.84 bits per heavy atom. The van der Waals surface area contributed by atoms with Gasteiger partial charge in [0.05, 0.1) is 14.5 Å². The molecule has 0 saturated heterocycles. The second kappa shape index (κ2) is 14.0. The molecule has 8 heteroatoms. The molecule has 4 aromatic rings. The Kier molecular flexibility index (Phi) is 10.8. The van der Waals surface area contributed by atoms with E-state index in [1.807, 2.05) is 42.5 Å². The molecule has 0 atom stereocenters. The Hall–Kier alpha value is -1.80. The van der Waals surface area contributed by atoms with Crippen molar-refractivity contribution < 1.29 is 9.68 Å². The van der Waals surface area contributed by atoms with E-state index in [4.69, 9.17) is 32.9 Å². The van der Waals surface area contributed by atoms with Crippen molar-refractivity contribution in [2.24, 2.45) is 0 Å². The summed E-state index contributed by atoms with van der Waals surface area (Å²) in [6.07, 6.45) is 10.4. The van der Waals surface area contributed by atoms with Crippen molar-refractivity contribution in [3.05, 3.63) is 131 Å². The van der Waals surface area contributed by atoms with Gasteiger partial charge < -0.3 is 9.68 Å². The molecule has 2 nitrogen and oxygen atoms in total. The summed E-state index contributed by atoms with van der Waals surface area (Å²) >= 11 is 22.8. The molecule has 6 rings (SSSR count). The van der Waals surface area contributed by atoms with Gasteiger partial charge in [-0.25, -0.2) is 0 Å². The van der Waals surface area contributed by atoms with Crippen LogP contribution in [0.1, 0.15) is 22.3 Å². The zero-order valence-electron chi connectivity index (χ0n) is 20.0. The molecule has 38 heavy (non-hydrogen) atoms. The molecule has 4 aromatic carbocycles. The van der Waals surface area contributed by atoms with Crippen LogP contribution in [0.4, 0.5) is 0 Å². The third-order valence-corrected chi connectivity index (χ3v) is 9.03. The number of fused-ring (bicyclic) bond motifs is 2. The molecule has 0 fully saturated rings. The van der Waals surface area contributed by atoms with Gasteiger partial charge in [0.1, 0.15) is 5.75 Å². The van der Waals surface area contributed by atoms with Gasteiger partial charge in [-0.2, -0.15) is 0 Å². The first-order chi connectivity index (χ1) is 18.4. The van der Waals surface area contributed by atoms with Crippen LogP contribution in [-0.4, -0.2) is 12.7 Å². The number of hydrogen-bond acceptors (Lipinski definition) is 2. The van der Waals surface area contributed by atoms with E-state index < -0.39 is 0 Å². The fraction of sp³-hybridized carbons (Fsp3) is 0.0667. The molecule has 191 valence electrons. The molecule has 0 heterocycles.